The van der Waals surface area contributed by atoms with E-state index in [0.29, 0.717) is 34.4 Å². The molecule has 0 saturated heterocycles. The molecule has 9 heteroatoms. The minimum atomic E-state index is -4.21. The number of hydrogen-bond acceptors (Lipinski definition) is 5. The SMILES string of the molecule is COc1ccc(CCc2c(Cl)cncc2Cl)c2c1OC1(CCCCC1)C2CS(=O)(=O)O. The minimum absolute atomic E-state index is 0.378. The van der Waals surface area contributed by atoms with Crippen molar-refractivity contribution in [2.45, 2.75) is 56.5 Å². The van der Waals surface area contributed by atoms with Gasteiger partial charge in [-0.15, -0.1) is 0 Å². The molecular weight excluding hydrogens is 461 g/mol. The summed E-state index contributed by atoms with van der Waals surface area (Å²) in [5.74, 6) is 0.312. The lowest BCUT2D eigenvalue weighted by atomic mass is 9.74. The predicted octanol–water partition coefficient (Wildman–Crippen LogP) is 5.25. The summed E-state index contributed by atoms with van der Waals surface area (Å²) in [6.45, 7) is 0. The van der Waals surface area contributed by atoms with Gasteiger partial charge in [0.15, 0.2) is 11.5 Å². The average Bonchev–Trinajstić information content (AvgIpc) is 3.00. The van der Waals surface area contributed by atoms with Crippen LogP contribution in [0.5, 0.6) is 11.5 Å². The van der Waals surface area contributed by atoms with Crippen molar-refractivity contribution in [2.75, 3.05) is 12.9 Å². The summed E-state index contributed by atoms with van der Waals surface area (Å²) in [6.07, 6.45) is 8.74. The van der Waals surface area contributed by atoms with E-state index >= 15 is 0 Å². The van der Waals surface area contributed by atoms with Crippen molar-refractivity contribution < 1.29 is 22.4 Å². The van der Waals surface area contributed by atoms with Crippen LogP contribution in [0.25, 0.3) is 0 Å². The first-order valence-corrected chi connectivity index (χ1v) is 12.7. The monoisotopic (exact) mass is 485 g/mol. The van der Waals surface area contributed by atoms with Gasteiger partial charge in [0.2, 0.25) is 0 Å². The van der Waals surface area contributed by atoms with Crippen LogP contribution in [0, 0.1) is 0 Å². The van der Waals surface area contributed by atoms with Crippen molar-refractivity contribution >= 4 is 33.3 Å². The molecule has 0 amide bonds. The Bertz CT molecular complexity index is 1060. The Balaban J connectivity index is 1.77. The van der Waals surface area contributed by atoms with E-state index in [0.717, 1.165) is 48.8 Å². The topological polar surface area (TPSA) is 85.7 Å². The second-order valence-corrected chi connectivity index (χ2v) is 10.6. The van der Waals surface area contributed by atoms with Crippen LogP contribution in [-0.2, 0) is 23.0 Å². The first-order valence-electron chi connectivity index (χ1n) is 10.4. The van der Waals surface area contributed by atoms with Crippen molar-refractivity contribution in [3.8, 4) is 11.5 Å². The molecule has 168 valence electrons. The fraction of sp³-hybridized carbons (Fsp3) is 0.500. The molecule has 1 aliphatic carbocycles. The number of rotatable bonds is 6. The van der Waals surface area contributed by atoms with Gasteiger partial charge in [0.1, 0.15) is 5.60 Å². The van der Waals surface area contributed by atoms with Gasteiger partial charge in [-0.05, 0) is 55.7 Å². The van der Waals surface area contributed by atoms with Crippen LogP contribution in [-0.4, -0.2) is 36.4 Å². The Kier molecular flexibility index (Phi) is 6.41. The van der Waals surface area contributed by atoms with E-state index in [1.807, 2.05) is 12.1 Å². The Morgan fingerprint density at radius 1 is 1.16 bits per heavy atom. The highest BCUT2D eigenvalue weighted by molar-refractivity contribution is 7.85. The molecule has 0 bridgehead atoms. The van der Waals surface area contributed by atoms with E-state index in [4.69, 9.17) is 32.7 Å². The fourth-order valence-corrected chi connectivity index (χ4v) is 6.45. The van der Waals surface area contributed by atoms with Gasteiger partial charge in [-0.2, -0.15) is 8.42 Å². The Morgan fingerprint density at radius 3 is 2.45 bits per heavy atom. The zero-order valence-electron chi connectivity index (χ0n) is 17.2. The molecule has 0 radical (unpaired) electrons. The standard InChI is InChI=1S/C22H25Cl2NO5S/c1-29-19-8-6-14(5-7-15-17(23)11-25-12-18(15)24)20-16(13-31(26,27)28)22(30-21(19)20)9-3-2-4-10-22/h6,8,11-12,16H,2-5,7,9-10,13H2,1H3,(H,26,27,28). The Morgan fingerprint density at radius 2 is 1.84 bits per heavy atom. The minimum Gasteiger partial charge on any atom is -0.493 e. The van der Waals surface area contributed by atoms with Gasteiger partial charge in [-0.1, -0.05) is 35.7 Å². The molecule has 2 aromatic rings. The van der Waals surface area contributed by atoms with Crippen molar-refractivity contribution in [2.24, 2.45) is 0 Å². The summed E-state index contributed by atoms with van der Waals surface area (Å²) in [6, 6.07) is 3.78. The molecule has 2 heterocycles. The number of hydrogen-bond donors (Lipinski definition) is 1. The van der Waals surface area contributed by atoms with Crippen LogP contribution in [0.1, 0.15) is 54.7 Å². The van der Waals surface area contributed by atoms with Gasteiger partial charge in [0, 0.05) is 23.9 Å². The zero-order chi connectivity index (χ0) is 22.2. The third kappa shape index (κ3) is 4.51. The van der Waals surface area contributed by atoms with Gasteiger partial charge >= 0.3 is 0 Å². The van der Waals surface area contributed by atoms with E-state index in [-0.39, 0.29) is 5.75 Å². The first kappa shape index (κ1) is 22.6. The molecule has 1 spiro atoms. The Labute approximate surface area is 192 Å². The number of benzene rings is 1. The highest BCUT2D eigenvalue weighted by Crippen LogP contribution is 2.56. The van der Waals surface area contributed by atoms with Crippen molar-refractivity contribution in [1.29, 1.82) is 0 Å². The molecular formula is C22H25Cl2NO5S. The summed E-state index contributed by atoms with van der Waals surface area (Å²) in [5.41, 5.74) is 1.89. The van der Waals surface area contributed by atoms with Gasteiger partial charge in [0.25, 0.3) is 10.1 Å². The summed E-state index contributed by atoms with van der Waals surface area (Å²) < 4.78 is 45.8. The molecule has 6 nitrogen and oxygen atoms in total. The van der Waals surface area contributed by atoms with Gasteiger partial charge in [0.05, 0.1) is 22.9 Å². The van der Waals surface area contributed by atoms with Crippen molar-refractivity contribution in [3.63, 3.8) is 0 Å². The Hall–Kier alpha value is -1.54. The number of aromatic nitrogens is 1. The summed E-state index contributed by atoms with van der Waals surface area (Å²) >= 11 is 12.6. The average molecular weight is 486 g/mol. The third-order valence-electron chi connectivity index (χ3n) is 6.43. The van der Waals surface area contributed by atoms with E-state index in [2.05, 4.69) is 4.98 Å². The second kappa shape index (κ2) is 8.77. The smallest absolute Gasteiger partial charge is 0.265 e. The highest BCUT2D eigenvalue weighted by Gasteiger charge is 2.52. The summed E-state index contributed by atoms with van der Waals surface area (Å²) in [5, 5.41) is 0.985. The molecule has 1 unspecified atom stereocenters. The molecule has 4 rings (SSSR count). The molecule has 1 N–H and O–H groups in total. The lowest BCUT2D eigenvalue weighted by Gasteiger charge is -2.37. The lowest BCUT2D eigenvalue weighted by molar-refractivity contribution is 0.0320. The number of methoxy groups -OCH3 is 1. The second-order valence-electron chi connectivity index (χ2n) is 8.28. The van der Waals surface area contributed by atoms with E-state index in [1.165, 1.54) is 0 Å². The predicted molar refractivity (Wildman–Crippen MR) is 120 cm³/mol. The van der Waals surface area contributed by atoms with Crippen LogP contribution in [0.3, 0.4) is 0 Å². The van der Waals surface area contributed by atoms with Crippen LogP contribution in [0.15, 0.2) is 24.5 Å². The molecule has 1 fully saturated rings. The van der Waals surface area contributed by atoms with E-state index in [1.54, 1.807) is 19.5 Å². The fourth-order valence-electron chi connectivity index (χ4n) is 5.01. The quantitative estimate of drug-likeness (QED) is 0.562. The van der Waals surface area contributed by atoms with E-state index in [9.17, 15) is 13.0 Å². The number of halogens is 2. The third-order valence-corrected chi connectivity index (χ3v) is 7.84. The number of ether oxygens (including phenoxy) is 2. The number of fused-ring (bicyclic) bond motifs is 1. The van der Waals surface area contributed by atoms with Crippen LogP contribution < -0.4 is 9.47 Å². The van der Waals surface area contributed by atoms with Crippen molar-refractivity contribution in [3.05, 3.63) is 51.3 Å². The largest absolute Gasteiger partial charge is 0.493 e. The van der Waals surface area contributed by atoms with Crippen LogP contribution in [0.2, 0.25) is 10.0 Å². The van der Waals surface area contributed by atoms with Crippen molar-refractivity contribution in [1.82, 2.24) is 4.98 Å². The number of pyridine rings is 1. The molecule has 31 heavy (non-hydrogen) atoms. The zero-order valence-corrected chi connectivity index (χ0v) is 19.6. The normalized spacial score (nSPS) is 19.8. The maximum atomic E-state index is 12.0. The van der Waals surface area contributed by atoms with Gasteiger partial charge in [-0.3, -0.25) is 9.54 Å². The molecule has 1 aromatic heterocycles. The first-order chi connectivity index (χ1) is 14.7. The molecule has 2 aliphatic rings. The molecule has 1 atom stereocenters. The summed E-state index contributed by atoms with van der Waals surface area (Å²) in [4.78, 5) is 3.99. The van der Waals surface area contributed by atoms with Gasteiger partial charge < -0.3 is 9.47 Å². The lowest BCUT2D eigenvalue weighted by Crippen LogP contribution is -2.42. The molecule has 1 aromatic carbocycles. The number of nitrogens with zero attached hydrogens (tertiary/aromatic N) is 1. The molecule has 1 saturated carbocycles. The van der Waals surface area contributed by atoms with Crippen LogP contribution in [0.4, 0.5) is 0 Å². The number of aryl methyl sites for hydroxylation is 1. The maximum Gasteiger partial charge on any atom is 0.265 e. The van der Waals surface area contributed by atoms with E-state index < -0.39 is 21.6 Å². The highest BCUT2D eigenvalue weighted by atomic mass is 35.5. The summed E-state index contributed by atoms with van der Waals surface area (Å²) in [7, 11) is -2.65. The molecule has 1 aliphatic heterocycles. The van der Waals surface area contributed by atoms with Crippen LogP contribution >= 0.6 is 23.2 Å². The maximum absolute atomic E-state index is 12.0. The van der Waals surface area contributed by atoms with Gasteiger partial charge in [-0.25, -0.2) is 0 Å².